The highest BCUT2D eigenvalue weighted by Gasteiger charge is 2.41. The lowest BCUT2D eigenvalue weighted by Crippen LogP contribution is -2.30. The molecule has 0 fully saturated rings. The molecule has 0 amide bonds. The largest absolute Gasteiger partial charge is 0.232 e. The first-order chi connectivity index (χ1) is 6.24. The van der Waals surface area contributed by atoms with Crippen molar-refractivity contribution < 1.29 is 0 Å². The normalized spacial score (nSPS) is 28.6. The summed E-state index contributed by atoms with van der Waals surface area (Å²) in [7, 11) is 3.78. The molecule has 1 heterocycles. The van der Waals surface area contributed by atoms with Crippen molar-refractivity contribution in [2.45, 2.75) is 4.20 Å². The summed E-state index contributed by atoms with van der Waals surface area (Å²) in [6.07, 6.45) is 6.44. The van der Waals surface area contributed by atoms with Crippen molar-refractivity contribution in [3.63, 3.8) is 0 Å². The average Bonchev–Trinajstić information content (AvgIpc) is 2.55. The molecule has 0 spiro atoms. The zero-order valence-electron chi connectivity index (χ0n) is 7.42. The van der Waals surface area contributed by atoms with Gasteiger partial charge in [-0.15, -0.1) is 35.3 Å². The number of hydrogen-bond donors (Lipinski definition) is 1. The molecule has 0 aromatic heterocycles. The number of rotatable bonds is 4. The second kappa shape index (κ2) is 6.05. The van der Waals surface area contributed by atoms with Gasteiger partial charge in [-0.3, -0.25) is 0 Å². The third-order valence-electron chi connectivity index (χ3n) is 1.52. The van der Waals surface area contributed by atoms with Gasteiger partial charge in [-0.1, -0.05) is 0 Å². The Morgan fingerprint density at radius 1 is 1.31 bits per heavy atom. The zero-order chi connectivity index (χ0) is 9.90. The number of hydrogen-bond acceptors (Lipinski definition) is 6. The van der Waals surface area contributed by atoms with E-state index in [1.54, 1.807) is 0 Å². The lowest BCUT2D eigenvalue weighted by molar-refractivity contribution is 1.02. The van der Waals surface area contributed by atoms with E-state index in [0.29, 0.717) is 0 Å². The van der Waals surface area contributed by atoms with Gasteiger partial charge < -0.3 is 0 Å². The first-order valence-electron chi connectivity index (χ1n) is 3.35. The lowest BCUT2D eigenvalue weighted by Gasteiger charge is -2.25. The van der Waals surface area contributed by atoms with Gasteiger partial charge in [0.2, 0.25) is 0 Å². The summed E-state index contributed by atoms with van der Waals surface area (Å²) in [4.78, 5) is 1.46. The van der Waals surface area contributed by atoms with Crippen molar-refractivity contribution in [2.24, 2.45) is 0 Å². The molecule has 0 aliphatic carbocycles. The Morgan fingerprint density at radius 2 is 2.00 bits per heavy atom. The Morgan fingerprint density at radius 3 is 2.38 bits per heavy atom. The summed E-state index contributed by atoms with van der Waals surface area (Å²) >= 11 is 7.80. The van der Waals surface area contributed by atoms with Gasteiger partial charge in [0.15, 0.2) is 4.20 Å². The molecule has 1 aliphatic heterocycles. The van der Waals surface area contributed by atoms with Crippen LogP contribution in [-0.4, -0.2) is 23.0 Å². The molecule has 1 nitrogen and oxygen atoms in total. The zero-order valence-corrected chi connectivity index (χ0v) is 13.7. The monoisotopic (exact) mass is 383 g/mol. The minimum Gasteiger partial charge on any atom is -0.232 e. The Labute approximate surface area is 114 Å². The smallest absolute Gasteiger partial charge is 0.163 e. The summed E-state index contributed by atoms with van der Waals surface area (Å²) < 4.78 is 4.89. The van der Waals surface area contributed by atoms with E-state index in [1.165, 1.54) is 9.14 Å². The van der Waals surface area contributed by atoms with Gasteiger partial charge >= 0.3 is 0 Å². The predicted molar refractivity (Wildman–Crippen MR) is 82.6 cm³/mol. The average molecular weight is 383 g/mol. The van der Waals surface area contributed by atoms with Crippen LogP contribution in [0, 0.1) is 0 Å². The van der Waals surface area contributed by atoms with Crippen LogP contribution < -0.4 is 3.53 Å². The third-order valence-corrected chi connectivity index (χ3v) is 10.6. The van der Waals surface area contributed by atoms with Gasteiger partial charge in [0.25, 0.3) is 0 Å². The molecule has 7 heteroatoms. The van der Waals surface area contributed by atoms with Crippen molar-refractivity contribution >= 4 is 79.7 Å². The van der Waals surface area contributed by atoms with E-state index in [0.717, 1.165) is 0 Å². The van der Waals surface area contributed by atoms with Crippen LogP contribution in [0.1, 0.15) is 0 Å². The van der Waals surface area contributed by atoms with Crippen molar-refractivity contribution in [1.29, 1.82) is 0 Å². The number of thioether (sulfide) groups is 3. The fraction of sp³-hybridized carbons (Fsp3) is 0.667. The van der Waals surface area contributed by atoms with Crippen molar-refractivity contribution in [3.8, 4) is 0 Å². The number of nitrogens with one attached hydrogen (secondary N) is 1. The molecule has 0 aromatic rings. The minimum absolute atomic E-state index is 0.0724. The lowest BCUT2D eigenvalue weighted by atomic mass is 10.6. The molecule has 1 N–H and O–H groups in total. The molecule has 1 atom stereocenters. The first kappa shape index (κ1) is 13.2. The summed E-state index contributed by atoms with van der Waals surface area (Å²) in [6.45, 7) is 0. The maximum Gasteiger partial charge on any atom is 0.163 e. The molecular weight excluding hydrogens is 373 g/mol. The van der Waals surface area contributed by atoms with Crippen LogP contribution in [0.3, 0.4) is 0 Å². The van der Waals surface area contributed by atoms with Gasteiger partial charge in [0.1, 0.15) is 0 Å². The van der Waals surface area contributed by atoms with Crippen LogP contribution in [0.2, 0.25) is 0 Å². The van der Waals surface area contributed by atoms with Gasteiger partial charge in [-0.05, 0) is 40.4 Å². The maximum atomic E-state index is 3.38. The van der Waals surface area contributed by atoms with Crippen LogP contribution in [-0.2, 0) is 0 Å². The van der Waals surface area contributed by atoms with Crippen molar-refractivity contribution in [1.82, 2.24) is 3.53 Å². The highest BCUT2D eigenvalue weighted by molar-refractivity contribution is 14.1. The van der Waals surface area contributed by atoms with Crippen LogP contribution in [0.5, 0.6) is 0 Å². The van der Waals surface area contributed by atoms with E-state index in [2.05, 4.69) is 45.2 Å². The van der Waals surface area contributed by atoms with Crippen LogP contribution in [0.4, 0.5) is 0 Å². The summed E-state index contributed by atoms with van der Waals surface area (Å²) in [5, 5.41) is 0. The summed E-state index contributed by atoms with van der Waals surface area (Å²) in [6, 6.07) is 0. The molecule has 13 heavy (non-hydrogen) atoms. The predicted octanol–water partition coefficient (Wildman–Crippen LogP) is 4.23. The second-order valence-electron chi connectivity index (χ2n) is 2.11. The van der Waals surface area contributed by atoms with Crippen LogP contribution >= 0.6 is 79.7 Å². The Kier molecular flexibility index (Phi) is 6.16. The molecule has 0 saturated carbocycles. The SMILES string of the molecule is CSC1=C(SC)C(NI)(SC)SS1. The molecule has 0 aromatic carbocycles. The standard InChI is InChI=1S/C6H10INS5/c1-9-4-5(10-2)12-13-6(4,8-7)11-3/h8H,1-3H3. The summed E-state index contributed by atoms with van der Waals surface area (Å²) in [5.74, 6) is 0. The highest BCUT2D eigenvalue weighted by atomic mass is 127. The molecule has 76 valence electrons. The molecule has 1 unspecified atom stereocenters. The van der Waals surface area contributed by atoms with Crippen LogP contribution in [0.25, 0.3) is 0 Å². The molecular formula is C6H10INS5. The molecule has 1 rings (SSSR count). The topological polar surface area (TPSA) is 12.0 Å². The third kappa shape index (κ3) is 2.65. The van der Waals surface area contributed by atoms with Gasteiger partial charge in [0.05, 0.1) is 4.24 Å². The Hall–Kier alpha value is 2.18. The van der Waals surface area contributed by atoms with E-state index in [4.69, 9.17) is 0 Å². The molecule has 0 saturated heterocycles. The Balaban J connectivity index is 2.95. The van der Waals surface area contributed by atoms with Crippen LogP contribution in [0.15, 0.2) is 9.14 Å². The minimum atomic E-state index is 0.0724. The highest BCUT2D eigenvalue weighted by Crippen LogP contribution is 2.62. The van der Waals surface area contributed by atoms with E-state index in [-0.39, 0.29) is 4.20 Å². The van der Waals surface area contributed by atoms with Gasteiger partial charge in [-0.25, -0.2) is 3.53 Å². The second-order valence-corrected chi connectivity index (χ2v) is 8.17. The fourth-order valence-electron chi connectivity index (χ4n) is 0.875. The molecule has 0 radical (unpaired) electrons. The van der Waals surface area contributed by atoms with Gasteiger partial charge in [-0.2, -0.15) is 0 Å². The number of halogens is 1. The Bertz CT molecular complexity index is 215. The summed E-state index contributed by atoms with van der Waals surface area (Å²) in [5.41, 5.74) is 0. The maximum absolute atomic E-state index is 3.38. The first-order valence-corrected chi connectivity index (χ1v) is 10.3. The fourth-order valence-corrected chi connectivity index (χ4v) is 10.5. The van der Waals surface area contributed by atoms with E-state index in [1.807, 2.05) is 56.9 Å². The quantitative estimate of drug-likeness (QED) is 0.335. The van der Waals surface area contributed by atoms with E-state index in [9.17, 15) is 0 Å². The van der Waals surface area contributed by atoms with E-state index < -0.39 is 0 Å². The van der Waals surface area contributed by atoms with Crippen molar-refractivity contribution in [2.75, 3.05) is 18.8 Å². The van der Waals surface area contributed by atoms with E-state index >= 15 is 0 Å². The van der Waals surface area contributed by atoms with Crippen molar-refractivity contribution in [3.05, 3.63) is 9.14 Å². The van der Waals surface area contributed by atoms with Gasteiger partial charge in [0, 0.05) is 27.8 Å². The molecule has 0 bridgehead atoms. The molecule has 1 aliphatic rings.